The quantitative estimate of drug-likeness (QED) is 0.697. The van der Waals surface area contributed by atoms with Gasteiger partial charge in [0.1, 0.15) is 5.75 Å². The Balaban J connectivity index is 1.84. The number of carbonyl (C=O) groups is 1. The summed E-state index contributed by atoms with van der Waals surface area (Å²) in [5.41, 5.74) is 5.44. The van der Waals surface area contributed by atoms with Crippen molar-refractivity contribution >= 4 is 22.9 Å². The van der Waals surface area contributed by atoms with Gasteiger partial charge in [-0.15, -0.1) is 0 Å². The number of hydrogen-bond acceptors (Lipinski definition) is 3. The molecule has 2 aromatic carbocycles. The van der Waals surface area contributed by atoms with E-state index < -0.39 is 5.97 Å². The fourth-order valence-electron chi connectivity index (χ4n) is 3.71. The van der Waals surface area contributed by atoms with Gasteiger partial charge in [-0.2, -0.15) is 0 Å². The summed E-state index contributed by atoms with van der Waals surface area (Å²) in [6, 6.07) is 14.5. The smallest absolute Gasteiger partial charge is 0.328 e. The van der Waals surface area contributed by atoms with Crippen LogP contribution >= 0.6 is 0 Å². The first-order valence-electron chi connectivity index (χ1n) is 9.08. The van der Waals surface area contributed by atoms with E-state index in [1.54, 1.807) is 13.2 Å². The number of ether oxygens (including phenoxy) is 1. The molecular formula is C22H22N2O3. The minimum Gasteiger partial charge on any atom is -0.497 e. The van der Waals surface area contributed by atoms with Gasteiger partial charge in [0.2, 0.25) is 0 Å². The Bertz CT molecular complexity index is 1030. The fraction of sp³-hybridized carbons (Fsp3) is 0.227. The molecule has 27 heavy (non-hydrogen) atoms. The summed E-state index contributed by atoms with van der Waals surface area (Å²) in [4.78, 5) is 11.0. The molecule has 5 heteroatoms. The summed E-state index contributed by atoms with van der Waals surface area (Å²) in [5, 5.41) is 13.7. The summed E-state index contributed by atoms with van der Waals surface area (Å²) in [6.07, 6.45) is 3.80. The molecule has 3 aromatic rings. The number of carboxylic acid groups (broad SMARTS) is 1. The van der Waals surface area contributed by atoms with Crippen LogP contribution in [0.15, 0.2) is 48.5 Å². The number of hydrogen-bond donors (Lipinski definition) is 2. The minimum absolute atomic E-state index is 0.701. The van der Waals surface area contributed by atoms with Gasteiger partial charge in [-0.1, -0.05) is 18.2 Å². The van der Waals surface area contributed by atoms with Crippen molar-refractivity contribution in [3.8, 4) is 16.9 Å². The summed E-state index contributed by atoms with van der Waals surface area (Å²) in [7, 11) is 1.61. The van der Waals surface area contributed by atoms with Gasteiger partial charge in [0.05, 0.1) is 7.11 Å². The van der Waals surface area contributed by atoms with Crippen LogP contribution in [0.5, 0.6) is 5.75 Å². The van der Waals surface area contributed by atoms with Crippen LogP contribution < -0.4 is 10.1 Å². The Morgan fingerprint density at radius 1 is 1.19 bits per heavy atom. The Morgan fingerprint density at radius 3 is 2.89 bits per heavy atom. The second kappa shape index (κ2) is 7.29. The van der Waals surface area contributed by atoms with E-state index in [2.05, 4.69) is 34.1 Å². The highest BCUT2D eigenvalue weighted by Gasteiger charge is 2.13. The average molecular weight is 362 g/mol. The highest BCUT2D eigenvalue weighted by molar-refractivity contribution is 5.91. The number of methoxy groups -OCH3 is 1. The van der Waals surface area contributed by atoms with E-state index in [0.717, 1.165) is 48.8 Å². The third kappa shape index (κ3) is 3.46. The second-order valence-electron chi connectivity index (χ2n) is 6.69. The first kappa shape index (κ1) is 17.4. The van der Waals surface area contributed by atoms with Gasteiger partial charge in [-0.05, 0) is 52.4 Å². The summed E-state index contributed by atoms with van der Waals surface area (Å²) >= 11 is 0. The number of rotatable bonds is 4. The molecule has 0 bridgehead atoms. The number of nitrogens with zero attached hydrogens (tertiary/aromatic N) is 1. The van der Waals surface area contributed by atoms with E-state index in [1.807, 2.05) is 18.2 Å². The van der Waals surface area contributed by atoms with Crippen LogP contribution in [0.2, 0.25) is 0 Å². The molecule has 5 nitrogen and oxygen atoms in total. The van der Waals surface area contributed by atoms with Crippen molar-refractivity contribution in [3.63, 3.8) is 0 Å². The lowest BCUT2D eigenvalue weighted by atomic mass is 9.98. The van der Waals surface area contributed by atoms with Gasteiger partial charge < -0.3 is 19.7 Å². The number of aromatic nitrogens is 1. The molecule has 2 N–H and O–H groups in total. The standard InChI is InChI=1S/C22H22N2O3/c1-27-19-5-6-20(15(13-19)4-7-22(25)26)16-2-3-17-12-18-8-9-23-10-11-24(18)21(17)14-16/h2-7,12-14,23H,8-11H2,1H3,(H,25,26)/b7-4+. The first-order chi connectivity index (χ1) is 13.2. The molecule has 1 aliphatic heterocycles. The fourth-order valence-corrected chi connectivity index (χ4v) is 3.71. The molecule has 0 amide bonds. The van der Waals surface area contributed by atoms with Crippen molar-refractivity contribution in [1.29, 1.82) is 0 Å². The first-order valence-corrected chi connectivity index (χ1v) is 9.08. The van der Waals surface area contributed by atoms with Crippen LogP contribution in [0.25, 0.3) is 28.1 Å². The van der Waals surface area contributed by atoms with E-state index in [-0.39, 0.29) is 0 Å². The Morgan fingerprint density at radius 2 is 2.07 bits per heavy atom. The Labute approximate surface area is 157 Å². The average Bonchev–Trinajstić information content (AvgIpc) is 2.85. The van der Waals surface area contributed by atoms with Crippen molar-refractivity contribution in [1.82, 2.24) is 9.88 Å². The molecule has 2 heterocycles. The van der Waals surface area contributed by atoms with E-state index in [9.17, 15) is 4.79 Å². The number of nitrogens with one attached hydrogen (secondary N) is 1. The van der Waals surface area contributed by atoms with Crippen LogP contribution in [0.4, 0.5) is 0 Å². The monoisotopic (exact) mass is 362 g/mol. The zero-order valence-corrected chi connectivity index (χ0v) is 15.2. The van der Waals surface area contributed by atoms with Gasteiger partial charge in [0, 0.05) is 43.3 Å². The van der Waals surface area contributed by atoms with Crippen LogP contribution in [0.1, 0.15) is 11.3 Å². The zero-order chi connectivity index (χ0) is 18.8. The number of carboxylic acids is 1. The molecular weight excluding hydrogens is 340 g/mol. The van der Waals surface area contributed by atoms with Crippen LogP contribution in [-0.4, -0.2) is 35.8 Å². The van der Waals surface area contributed by atoms with E-state index in [0.29, 0.717) is 5.75 Å². The maximum Gasteiger partial charge on any atom is 0.328 e. The molecule has 0 spiro atoms. The van der Waals surface area contributed by atoms with Gasteiger partial charge >= 0.3 is 5.97 Å². The topological polar surface area (TPSA) is 63.5 Å². The number of aliphatic carboxylic acids is 1. The molecule has 0 saturated heterocycles. The minimum atomic E-state index is -0.969. The summed E-state index contributed by atoms with van der Waals surface area (Å²) in [6.45, 7) is 2.93. The lowest BCUT2D eigenvalue weighted by Crippen LogP contribution is -2.17. The normalized spacial score (nSPS) is 14.3. The zero-order valence-electron chi connectivity index (χ0n) is 15.2. The van der Waals surface area contributed by atoms with Gasteiger partial charge in [0.25, 0.3) is 0 Å². The maximum absolute atomic E-state index is 11.0. The van der Waals surface area contributed by atoms with Crippen LogP contribution in [0, 0.1) is 0 Å². The largest absolute Gasteiger partial charge is 0.497 e. The van der Waals surface area contributed by atoms with Crippen molar-refractivity contribution in [2.24, 2.45) is 0 Å². The maximum atomic E-state index is 11.0. The number of fused-ring (bicyclic) bond motifs is 3. The van der Waals surface area contributed by atoms with Crippen molar-refractivity contribution in [2.75, 3.05) is 20.2 Å². The SMILES string of the molecule is COc1ccc(-c2ccc3cc4n(c3c2)CCNCC4)c(/C=C/C(=O)O)c1. The predicted octanol–water partition coefficient (Wildman–Crippen LogP) is 3.56. The molecule has 0 saturated carbocycles. The van der Waals surface area contributed by atoms with Crippen LogP contribution in [-0.2, 0) is 17.8 Å². The van der Waals surface area contributed by atoms with E-state index in [1.165, 1.54) is 16.6 Å². The molecule has 0 radical (unpaired) electrons. The third-order valence-corrected chi connectivity index (χ3v) is 5.04. The van der Waals surface area contributed by atoms with Crippen molar-refractivity contribution < 1.29 is 14.6 Å². The number of benzene rings is 2. The lowest BCUT2D eigenvalue weighted by molar-refractivity contribution is -0.131. The Hall–Kier alpha value is -3.05. The van der Waals surface area contributed by atoms with Gasteiger partial charge in [-0.25, -0.2) is 4.79 Å². The van der Waals surface area contributed by atoms with Crippen LogP contribution in [0.3, 0.4) is 0 Å². The highest BCUT2D eigenvalue weighted by Crippen LogP contribution is 2.32. The molecule has 0 atom stereocenters. The summed E-state index contributed by atoms with van der Waals surface area (Å²) in [5.74, 6) is -0.267. The van der Waals surface area contributed by atoms with E-state index >= 15 is 0 Å². The molecule has 1 aliphatic rings. The second-order valence-corrected chi connectivity index (χ2v) is 6.69. The third-order valence-electron chi connectivity index (χ3n) is 5.04. The molecule has 0 aliphatic carbocycles. The molecule has 0 unspecified atom stereocenters. The van der Waals surface area contributed by atoms with Crippen molar-refractivity contribution in [2.45, 2.75) is 13.0 Å². The Kier molecular flexibility index (Phi) is 4.69. The lowest BCUT2D eigenvalue weighted by Gasteiger charge is -2.11. The predicted molar refractivity (Wildman–Crippen MR) is 107 cm³/mol. The van der Waals surface area contributed by atoms with E-state index in [4.69, 9.17) is 9.84 Å². The molecule has 1 aromatic heterocycles. The van der Waals surface area contributed by atoms with Crippen molar-refractivity contribution in [3.05, 3.63) is 59.8 Å². The van der Waals surface area contributed by atoms with Gasteiger partial charge in [0.15, 0.2) is 0 Å². The molecule has 0 fully saturated rings. The molecule has 4 rings (SSSR count). The highest BCUT2D eigenvalue weighted by atomic mass is 16.5. The molecule has 138 valence electrons. The summed E-state index contributed by atoms with van der Waals surface area (Å²) < 4.78 is 7.69. The van der Waals surface area contributed by atoms with Gasteiger partial charge in [-0.3, -0.25) is 0 Å².